The van der Waals surface area contributed by atoms with E-state index >= 15 is 0 Å². The summed E-state index contributed by atoms with van der Waals surface area (Å²) in [5.74, 6) is 0.399. The molecule has 0 aliphatic rings. The van der Waals surface area contributed by atoms with Crippen LogP contribution < -0.4 is 14.8 Å². The van der Waals surface area contributed by atoms with Gasteiger partial charge in [0.1, 0.15) is 12.4 Å². The molecule has 7 heteroatoms. The van der Waals surface area contributed by atoms with Gasteiger partial charge in [0.05, 0.1) is 19.3 Å². The molecule has 5 nitrogen and oxygen atoms in total. The fraction of sp³-hybridized carbons (Fsp3) is 0.208. The molecule has 31 heavy (non-hydrogen) atoms. The van der Waals surface area contributed by atoms with Crippen LogP contribution in [0, 0.1) is 5.82 Å². The van der Waals surface area contributed by atoms with Gasteiger partial charge in [-0.15, -0.1) is 0 Å². The minimum absolute atomic E-state index is 0.0702. The average molecular weight is 488 g/mol. The zero-order valence-corrected chi connectivity index (χ0v) is 18.9. The van der Waals surface area contributed by atoms with Crippen molar-refractivity contribution in [3.8, 4) is 11.5 Å². The zero-order valence-electron chi connectivity index (χ0n) is 17.3. The molecule has 0 unspecified atom stereocenters. The van der Waals surface area contributed by atoms with Crippen molar-refractivity contribution in [2.75, 3.05) is 19.0 Å². The zero-order chi connectivity index (χ0) is 22.2. The predicted molar refractivity (Wildman–Crippen MR) is 121 cm³/mol. The van der Waals surface area contributed by atoms with Crippen molar-refractivity contribution in [2.45, 2.75) is 20.1 Å². The van der Waals surface area contributed by atoms with Gasteiger partial charge in [-0.2, -0.15) is 0 Å². The fourth-order valence-electron chi connectivity index (χ4n) is 2.96. The third-order valence-corrected chi connectivity index (χ3v) is 5.33. The second kappa shape index (κ2) is 10.8. The number of anilines is 1. The molecule has 0 aliphatic carbocycles. The van der Waals surface area contributed by atoms with Crippen molar-refractivity contribution in [2.24, 2.45) is 0 Å². The first kappa shape index (κ1) is 22.6. The van der Waals surface area contributed by atoms with Crippen LogP contribution in [0.1, 0.15) is 28.4 Å². The standard InChI is InChI=1S/C24H23BrFNO4/c1-3-30-24(28)16-8-10-18(11-9-16)27-14-19-20(25)12-13-22(29-2)23(19)31-15-17-6-4-5-7-21(17)26/h4-13,27H,3,14-15H2,1-2H3. The van der Waals surface area contributed by atoms with E-state index in [2.05, 4.69) is 21.2 Å². The number of esters is 1. The van der Waals surface area contributed by atoms with Gasteiger partial charge in [0.15, 0.2) is 11.5 Å². The number of nitrogens with one attached hydrogen (secondary N) is 1. The Bertz CT molecular complexity index is 1040. The van der Waals surface area contributed by atoms with E-state index in [1.165, 1.54) is 6.07 Å². The number of benzene rings is 3. The van der Waals surface area contributed by atoms with Gasteiger partial charge in [0, 0.05) is 27.8 Å². The first-order chi connectivity index (χ1) is 15.0. The highest BCUT2D eigenvalue weighted by Crippen LogP contribution is 2.37. The molecule has 3 aromatic rings. The summed E-state index contributed by atoms with van der Waals surface area (Å²) in [6.45, 7) is 2.59. The minimum atomic E-state index is -0.353. The van der Waals surface area contributed by atoms with E-state index in [-0.39, 0.29) is 18.4 Å². The summed E-state index contributed by atoms with van der Waals surface area (Å²) in [4.78, 5) is 11.8. The molecule has 0 amide bonds. The molecule has 0 aliphatic heterocycles. The van der Waals surface area contributed by atoms with Crippen LogP contribution in [0.5, 0.6) is 11.5 Å². The maximum Gasteiger partial charge on any atom is 0.338 e. The molecular weight excluding hydrogens is 465 g/mol. The first-order valence-electron chi connectivity index (χ1n) is 9.76. The number of carbonyl (C=O) groups is 1. The Labute approximate surface area is 189 Å². The highest BCUT2D eigenvalue weighted by atomic mass is 79.9. The second-order valence-corrected chi connectivity index (χ2v) is 7.44. The van der Waals surface area contributed by atoms with Crippen molar-refractivity contribution in [3.63, 3.8) is 0 Å². The summed E-state index contributed by atoms with van der Waals surface area (Å²) in [6, 6.07) is 17.2. The van der Waals surface area contributed by atoms with Gasteiger partial charge in [0.25, 0.3) is 0 Å². The Kier molecular flexibility index (Phi) is 7.89. The van der Waals surface area contributed by atoms with Gasteiger partial charge in [-0.05, 0) is 49.4 Å². The lowest BCUT2D eigenvalue weighted by molar-refractivity contribution is 0.0526. The number of halogens is 2. The van der Waals surface area contributed by atoms with Gasteiger partial charge in [0.2, 0.25) is 0 Å². The van der Waals surface area contributed by atoms with Crippen molar-refractivity contribution in [1.82, 2.24) is 0 Å². The summed E-state index contributed by atoms with van der Waals surface area (Å²) in [5, 5.41) is 3.31. The van der Waals surface area contributed by atoms with Crippen LogP contribution in [0.2, 0.25) is 0 Å². The Balaban J connectivity index is 1.77. The quantitative estimate of drug-likeness (QED) is 0.377. The highest BCUT2D eigenvalue weighted by Gasteiger charge is 2.16. The SMILES string of the molecule is CCOC(=O)c1ccc(NCc2c(Br)ccc(OC)c2OCc2ccccc2F)cc1. The summed E-state index contributed by atoms with van der Waals surface area (Å²) >= 11 is 3.56. The van der Waals surface area contributed by atoms with E-state index in [1.807, 2.05) is 6.07 Å². The topological polar surface area (TPSA) is 56.8 Å². The van der Waals surface area contributed by atoms with Crippen LogP contribution >= 0.6 is 15.9 Å². The van der Waals surface area contributed by atoms with Crippen molar-refractivity contribution >= 4 is 27.6 Å². The fourth-order valence-corrected chi connectivity index (χ4v) is 3.41. The van der Waals surface area contributed by atoms with Gasteiger partial charge in [-0.3, -0.25) is 0 Å². The van der Waals surface area contributed by atoms with E-state index < -0.39 is 0 Å². The van der Waals surface area contributed by atoms with E-state index in [0.717, 1.165) is 15.7 Å². The molecule has 0 bridgehead atoms. The van der Waals surface area contributed by atoms with Gasteiger partial charge < -0.3 is 19.5 Å². The number of hydrogen-bond donors (Lipinski definition) is 1. The molecule has 3 rings (SSSR count). The summed E-state index contributed by atoms with van der Waals surface area (Å²) in [5.41, 5.74) is 2.59. The first-order valence-corrected chi connectivity index (χ1v) is 10.6. The van der Waals surface area contributed by atoms with Crippen molar-refractivity contribution in [1.29, 1.82) is 0 Å². The second-order valence-electron chi connectivity index (χ2n) is 6.59. The number of ether oxygens (including phenoxy) is 3. The van der Waals surface area contributed by atoms with Gasteiger partial charge in [-0.25, -0.2) is 9.18 Å². The largest absolute Gasteiger partial charge is 0.493 e. The Morgan fingerprint density at radius 3 is 2.48 bits per heavy atom. The number of methoxy groups -OCH3 is 1. The molecule has 0 saturated heterocycles. The molecule has 0 radical (unpaired) electrons. The molecule has 162 valence electrons. The lowest BCUT2D eigenvalue weighted by Gasteiger charge is -2.18. The Morgan fingerprint density at radius 1 is 1.06 bits per heavy atom. The summed E-state index contributed by atoms with van der Waals surface area (Å²) in [6.07, 6.45) is 0. The smallest absolute Gasteiger partial charge is 0.338 e. The lowest BCUT2D eigenvalue weighted by Crippen LogP contribution is -2.07. The van der Waals surface area contributed by atoms with Gasteiger partial charge in [-0.1, -0.05) is 34.1 Å². The molecule has 3 aromatic carbocycles. The molecule has 0 spiro atoms. The maximum atomic E-state index is 14.0. The highest BCUT2D eigenvalue weighted by molar-refractivity contribution is 9.10. The van der Waals surface area contributed by atoms with Crippen LogP contribution in [0.25, 0.3) is 0 Å². The monoisotopic (exact) mass is 487 g/mol. The van der Waals surface area contributed by atoms with Crippen LogP contribution in [-0.4, -0.2) is 19.7 Å². The van der Waals surface area contributed by atoms with E-state index in [9.17, 15) is 9.18 Å². The Morgan fingerprint density at radius 2 is 1.81 bits per heavy atom. The number of rotatable bonds is 9. The normalized spacial score (nSPS) is 10.5. The third kappa shape index (κ3) is 5.76. The Hall–Kier alpha value is -3.06. The van der Waals surface area contributed by atoms with Gasteiger partial charge >= 0.3 is 5.97 Å². The van der Waals surface area contributed by atoms with Crippen molar-refractivity contribution < 1.29 is 23.4 Å². The predicted octanol–water partition coefficient (Wildman–Crippen LogP) is 5.96. The lowest BCUT2D eigenvalue weighted by atomic mass is 10.1. The van der Waals surface area contributed by atoms with Crippen LogP contribution in [-0.2, 0) is 17.9 Å². The molecule has 0 heterocycles. The molecule has 0 fully saturated rings. The summed E-state index contributed by atoms with van der Waals surface area (Å²) in [7, 11) is 1.56. The third-order valence-electron chi connectivity index (χ3n) is 4.58. The van der Waals surface area contributed by atoms with E-state index in [4.69, 9.17) is 14.2 Å². The molecular formula is C24H23BrFNO4. The van der Waals surface area contributed by atoms with Crippen LogP contribution in [0.4, 0.5) is 10.1 Å². The molecule has 1 N–H and O–H groups in total. The van der Waals surface area contributed by atoms with E-state index in [0.29, 0.717) is 35.8 Å². The minimum Gasteiger partial charge on any atom is -0.493 e. The number of hydrogen-bond acceptors (Lipinski definition) is 5. The maximum absolute atomic E-state index is 14.0. The summed E-state index contributed by atoms with van der Waals surface area (Å²) < 4.78 is 31.3. The number of carbonyl (C=O) groups excluding carboxylic acids is 1. The average Bonchev–Trinajstić information content (AvgIpc) is 2.78. The van der Waals surface area contributed by atoms with Crippen molar-refractivity contribution in [3.05, 3.63) is 87.6 Å². The molecule has 0 atom stereocenters. The molecule has 0 aromatic heterocycles. The molecule has 0 saturated carbocycles. The van der Waals surface area contributed by atoms with Crippen LogP contribution in [0.3, 0.4) is 0 Å². The van der Waals surface area contributed by atoms with Crippen LogP contribution in [0.15, 0.2) is 65.1 Å². The van der Waals surface area contributed by atoms with E-state index in [1.54, 1.807) is 62.6 Å².